The SMILES string of the molecule is C=C1C2C[C@@H]3O[C@H](C[C@H](O)CN)[C@H](OC)[C@H]3CC(=O)C[C@H]3CC[C@@H]4O[C@@H]5[C@H]6O[C@@H]7C[C@](CC[C@H]8CC(=C)[C@H](CCC(C[C@H]1C)O2)O8)(O[C@H]6[C@H]4O3)O[C@H]57. The Morgan fingerprint density at radius 3 is 2.38 bits per heavy atom. The van der Waals surface area contributed by atoms with Gasteiger partial charge in [-0.1, -0.05) is 20.1 Å². The van der Waals surface area contributed by atoms with Gasteiger partial charge in [-0.3, -0.25) is 4.79 Å². The number of Topliss-reactive ketones (excluding diaryl/α,β-unsaturated/α-hetero) is 1. The van der Waals surface area contributed by atoms with E-state index >= 15 is 0 Å². The molecule has 0 saturated carbocycles. The molecular weight excluding hydrogens is 670 g/mol. The summed E-state index contributed by atoms with van der Waals surface area (Å²) in [7, 11) is 1.66. The van der Waals surface area contributed by atoms with E-state index in [9.17, 15) is 9.90 Å². The standard InChI is InChI=1S/C40H59NO11/c1-19-11-24-5-7-28-20(2)12-26(45-28)9-10-40-17-33-36(51-40)37-38(50-33)39(52-40)35-29(49-37)8-6-25(47-35)13-22(42)14-27-31(16-30(46-24)21(19)3)48-32(34(27)44-4)15-23(43)18-41/h19,23-39,43H,2-3,5-18,41H2,1,4H3/t19-,23+,24?,25-,26+,27+,28+,29+,30?,31+,32-,33-,34-,35+,36+,37+,38-,39+,40+/m1/s1. The fraction of sp³-hybridized carbons (Fsp3) is 0.875. The zero-order valence-corrected chi connectivity index (χ0v) is 30.8. The second-order valence-corrected chi connectivity index (χ2v) is 17.4. The first-order chi connectivity index (χ1) is 25.1. The third-order valence-corrected chi connectivity index (χ3v) is 14.0. The molecule has 10 saturated heterocycles. The molecule has 0 aromatic heterocycles. The maximum absolute atomic E-state index is 14.1. The lowest BCUT2D eigenvalue weighted by molar-refractivity contribution is -0.292. The monoisotopic (exact) mass is 729 g/mol. The van der Waals surface area contributed by atoms with Gasteiger partial charge in [0, 0.05) is 58.1 Å². The normalized spacial score (nSPS) is 52.4. The van der Waals surface area contributed by atoms with Crippen LogP contribution in [0.4, 0.5) is 0 Å². The average Bonchev–Trinajstić information content (AvgIpc) is 3.79. The van der Waals surface area contributed by atoms with Crippen LogP contribution >= 0.6 is 0 Å². The van der Waals surface area contributed by atoms with Crippen molar-refractivity contribution >= 4 is 5.78 Å². The van der Waals surface area contributed by atoms with Crippen LogP contribution in [0.5, 0.6) is 0 Å². The Bertz CT molecular complexity index is 1380. The number of hydrogen-bond acceptors (Lipinski definition) is 12. The van der Waals surface area contributed by atoms with Crippen molar-refractivity contribution in [1.29, 1.82) is 0 Å². The molecule has 10 fully saturated rings. The molecule has 10 aliphatic heterocycles. The summed E-state index contributed by atoms with van der Waals surface area (Å²) in [4.78, 5) is 14.1. The minimum absolute atomic E-state index is 0.0158. The fourth-order valence-corrected chi connectivity index (χ4v) is 11.3. The lowest BCUT2D eigenvalue weighted by atomic mass is 9.81. The van der Waals surface area contributed by atoms with Gasteiger partial charge in [0.15, 0.2) is 5.79 Å². The predicted molar refractivity (Wildman–Crippen MR) is 186 cm³/mol. The first kappa shape index (κ1) is 36.4. The summed E-state index contributed by atoms with van der Waals surface area (Å²) in [5, 5.41) is 10.5. The number of ether oxygens (including phenoxy) is 9. The Morgan fingerprint density at radius 1 is 0.808 bits per heavy atom. The van der Waals surface area contributed by atoms with Crippen LogP contribution in [0, 0.1) is 11.8 Å². The van der Waals surface area contributed by atoms with Crippen molar-refractivity contribution in [2.75, 3.05) is 13.7 Å². The molecule has 12 nitrogen and oxygen atoms in total. The number of methoxy groups -OCH3 is 1. The number of nitrogens with two attached hydrogens (primary N) is 1. The van der Waals surface area contributed by atoms with Crippen LogP contribution in [0.3, 0.4) is 0 Å². The molecular formula is C40H59NO11. The van der Waals surface area contributed by atoms with E-state index in [0.717, 1.165) is 56.1 Å². The largest absolute Gasteiger partial charge is 0.392 e. The zero-order valence-electron chi connectivity index (χ0n) is 30.8. The summed E-state index contributed by atoms with van der Waals surface area (Å²) >= 11 is 0. The van der Waals surface area contributed by atoms with Gasteiger partial charge in [-0.05, 0) is 62.0 Å². The molecule has 10 rings (SSSR count). The zero-order chi connectivity index (χ0) is 35.9. The van der Waals surface area contributed by atoms with Gasteiger partial charge in [0.1, 0.15) is 36.3 Å². The molecule has 3 N–H and O–H groups in total. The highest BCUT2D eigenvalue weighted by Gasteiger charge is 2.68. The quantitative estimate of drug-likeness (QED) is 0.409. The molecule has 19 atom stereocenters. The topological polar surface area (TPSA) is 146 Å². The van der Waals surface area contributed by atoms with Crippen LogP contribution < -0.4 is 5.73 Å². The van der Waals surface area contributed by atoms with Gasteiger partial charge >= 0.3 is 0 Å². The molecule has 0 aromatic rings. The number of fused-ring (bicyclic) bond motifs is 6. The molecule has 10 aliphatic rings. The summed E-state index contributed by atoms with van der Waals surface area (Å²) in [6.45, 7) is 11.3. The Kier molecular flexibility index (Phi) is 10.0. The lowest BCUT2D eigenvalue weighted by Crippen LogP contribution is -2.61. The van der Waals surface area contributed by atoms with Gasteiger partial charge in [0.25, 0.3) is 0 Å². The number of ketones is 1. The fourth-order valence-electron chi connectivity index (χ4n) is 11.3. The van der Waals surface area contributed by atoms with Crippen LogP contribution in [0.2, 0.25) is 0 Å². The number of rotatable bonds is 4. The van der Waals surface area contributed by atoms with Gasteiger partial charge < -0.3 is 53.5 Å². The number of carbonyl (C=O) groups is 1. The van der Waals surface area contributed by atoms with Crippen molar-refractivity contribution in [1.82, 2.24) is 0 Å². The van der Waals surface area contributed by atoms with Crippen molar-refractivity contribution < 1.29 is 52.5 Å². The number of hydrogen-bond donors (Lipinski definition) is 2. The van der Waals surface area contributed by atoms with Gasteiger partial charge in [-0.25, -0.2) is 0 Å². The van der Waals surface area contributed by atoms with Crippen molar-refractivity contribution in [2.45, 2.75) is 194 Å². The van der Waals surface area contributed by atoms with Crippen LogP contribution in [0.15, 0.2) is 24.3 Å². The van der Waals surface area contributed by atoms with Crippen molar-refractivity contribution in [2.24, 2.45) is 17.6 Å². The van der Waals surface area contributed by atoms with E-state index in [0.29, 0.717) is 25.7 Å². The maximum Gasteiger partial charge on any atom is 0.172 e. The van der Waals surface area contributed by atoms with Crippen LogP contribution in [0.25, 0.3) is 0 Å². The van der Waals surface area contributed by atoms with E-state index in [1.807, 2.05) is 0 Å². The smallest absolute Gasteiger partial charge is 0.172 e. The van der Waals surface area contributed by atoms with Crippen molar-refractivity contribution in [3.05, 3.63) is 24.3 Å². The molecule has 10 heterocycles. The highest BCUT2D eigenvalue weighted by molar-refractivity contribution is 5.79. The molecule has 1 spiro atoms. The highest BCUT2D eigenvalue weighted by Crippen LogP contribution is 2.54. The van der Waals surface area contributed by atoms with E-state index in [2.05, 4.69) is 20.1 Å². The average molecular weight is 730 g/mol. The number of aliphatic hydroxyl groups is 1. The minimum atomic E-state index is -0.780. The molecule has 290 valence electrons. The summed E-state index contributed by atoms with van der Waals surface area (Å²) in [6, 6.07) is 0. The summed E-state index contributed by atoms with van der Waals surface area (Å²) < 4.78 is 60.0. The molecule has 0 aromatic carbocycles. The maximum atomic E-state index is 14.1. The van der Waals surface area contributed by atoms with Crippen LogP contribution in [-0.2, 0) is 47.4 Å². The lowest BCUT2D eigenvalue weighted by Gasteiger charge is -2.47. The first-order valence-corrected chi connectivity index (χ1v) is 20.2. The Balaban J connectivity index is 0.994. The summed E-state index contributed by atoms with van der Waals surface area (Å²) in [5.74, 6) is -0.619. The van der Waals surface area contributed by atoms with E-state index in [1.165, 1.54) is 0 Å². The molecule has 0 aliphatic carbocycles. The van der Waals surface area contributed by atoms with Crippen molar-refractivity contribution in [3.8, 4) is 0 Å². The predicted octanol–water partition coefficient (Wildman–Crippen LogP) is 3.44. The molecule has 12 heteroatoms. The highest BCUT2D eigenvalue weighted by atomic mass is 16.8. The Morgan fingerprint density at radius 2 is 1.56 bits per heavy atom. The third-order valence-electron chi connectivity index (χ3n) is 14.0. The van der Waals surface area contributed by atoms with Crippen LogP contribution in [0.1, 0.15) is 90.4 Å². The van der Waals surface area contributed by atoms with Gasteiger partial charge in [-0.2, -0.15) is 0 Å². The molecule has 52 heavy (non-hydrogen) atoms. The molecule has 12 bridgehead atoms. The first-order valence-electron chi connectivity index (χ1n) is 20.2. The van der Waals surface area contributed by atoms with Gasteiger partial charge in [-0.15, -0.1) is 0 Å². The second-order valence-electron chi connectivity index (χ2n) is 17.4. The summed E-state index contributed by atoms with van der Waals surface area (Å²) in [6.07, 6.45) is 4.85. The van der Waals surface area contributed by atoms with E-state index in [1.54, 1.807) is 7.11 Å². The molecule has 0 radical (unpaired) electrons. The molecule has 0 amide bonds. The Hall–Kier alpha value is -1.29. The number of carbonyl (C=O) groups excluding carboxylic acids is 1. The summed E-state index contributed by atoms with van der Waals surface area (Å²) in [5.41, 5.74) is 8.01. The van der Waals surface area contributed by atoms with Crippen LogP contribution in [-0.4, -0.2) is 128 Å². The van der Waals surface area contributed by atoms with Crippen molar-refractivity contribution in [3.63, 3.8) is 0 Å². The second kappa shape index (κ2) is 14.3. The van der Waals surface area contributed by atoms with Gasteiger partial charge in [0.2, 0.25) is 0 Å². The van der Waals surface area contributed by atoms with Gasteiger partial charge in [0.05, 0.1) is 67.1 Å². The van der Waals surface area contributed by atoms with E-state index in [4.69, 9.17) is 48.4 Å². The molecule has 2 unspecified atom stereocenters. The van der Waals surface area contributed by atoms with E-state index in [-0.39, 0.29) is 122 Å². The van der Waals surface area contributed by atoms with E-state index < -0.39 is 18.0 Å². The Labute approximate surface area is 307 Å². The third kappa shape index (κ3) is 6.59. The number of aliphatic hydroxyl groups excluding tert-OH is 1. The minimum Gasteiger partial charge on any atom is -0.392 e.